The van der Waals surface area contributed by atoms with E-state index in [0.717, 1.165) is 12.5 Å². The van der Waals surface area contributed by atoms with Gasteiger partial charge in [-0.05, 0) is 50.2 Å². The predicted octanol–water partition coefficient (Wildman–Crippen LogP) is 4.38. The van der Waals surface area contributed by atoms with Crippen molar-refractivity contribution in [2.45, 2.75) is 59.4 Å². The molecule has 0 aliphatic heterocycles. The number of nitrogens with one attached hydrogen (secondary N) is 1. The first-order valence-electron chi connectivity index (χ1n) is 7.12. The Bertz CT molecular complexity index is 343. The molecule has 1 N–H and O–H groups in total. The molecule has 102 valence electrons. The van der Waals surface area contributed by atoms with Gasteiger partial charge in [-0.15, -0.1) is 0 Å². The van der Waals surface area contributed by atoms with Crippen LogP contribution in [0.25, 0.3) is 0 Å². The Balaban J connectivity index is 2.56. The summed E-state index contributed by atoms with van der Waals surface area (Å²) < 4.78 is 0. The minimum absolute atomic E-state index is 0.200. The van der Waals surface area contributed by atoms with Crippen molar-refractivity contribution in [2.75, 3.05) is 6.54 Å². The Hall–Kier alpha value is -0.820. The average molecular weight is 247 g/mol. The maximum absolute atomic E-state index is 3.57. The monoisotopic (exact) mass is 247 g/mol. The molecule has 0 heterocycles. The molecule has 0 aliphatic rings. The smallest absolute Gasteiger partial charge is 0.00967 e. The van der Waals surface area contributed by atoms with E-state index in [1.807, 2.05) is 0 Å². The van der Waals surface area contributed by atoms with Gasteiger partial charge in [-0.2, -0.15) is 0 Å². The summed E-state index contributed by atoms with van der Waals surface area (Å²) in [6.07, 6.45) is 1.18. The Labute approximate surface area is 113 Å². The minimum Gasteiger partial charge on any atom is -0.311 e. The molecule has 0 saturated carbocycles. The van der Waals surface area contributed by atoms with Gasteiger partial charge in [0.1, 0.15) is 0 Å². The number of benzene rings is 1. The van der Waals surface area contributed by atoms with Crippen LogP contribution in [0.15, 0.2) is 24.3 Å². The molecule has 18 heavy (non-hydrogen) atoms. The summed E-state index contributed by atoms with van der Waals surface area (Å²) in [5.41, 5.74) is 3.08. The lowest BCUT2D eigenvalue weighted by atomic mass is 9.96. The fourth-order valence-electron chi connectivity index (χ4n) is 2.03. The maximum Gasteiger partial charge on any atom is 0.00967 e. The molecule has 1 atom stereocenters. The highest BCUT2D eigenvalue weighted by atomic mass is 14.9. The largest absolute Gasteiger partial charge is 0.311 e. The van der Waals surface area contributed by atoms with Crippen LogP contribution in [0.3, 0.4) is 0 Å². The Morgan fingerprint density at radius 2 is 1.56 bits per heavy atom. The first kappa shape index (κ1) is 15.2. The maximum atomic E-state index is 3.57. The zero-order valence-electron chi connectivity index (χ0n) is 12.9. The molecule has 0 radical (unpaired) electrons. The topological polar surface area (TPSA) is 12.0 Å². The molecule has 0 bridgehead atoms. The van der Waals surface area contributed by atoms with Crippen molar-refractivity contribution >= 4 is 0 Å². The number of rotatable bonds is 5. The van der Waals surface area contributed by atoms with Gasteiger partial charge in [-0.3, -0.25) is 0 Å². The summed E-state index contributed by atoms with van der Waals surface area (Å²) in [5, 5.41) is 3.57. The molecular weight excluding hydrogens is 218 g/mol. The number of hydrogen-bond donors (Lipinski definition) is 1. The lowest BCUT2D eigenvalue weighted by Crippen LogP contribution is -2.38. The predicted molar refractivity (Wildman–Crippen MR) is 81.2 cm³/mol. The van der Waals surface area contributed by atoms with Crippen molar-refractivity contribution in [3.05, 3.63) is 35.4 Å². The van der Waals surface area contributed by atoms with Crippen LogP contribution in [0, 0.1) is 5.92 Å². The standard InChI is InChI=1S/C17H29N/c1-13(2)11-15-7-9-16(10-8-15)14(3)12-18-17(4,5)6/h7-10,13-14,18H,11-12H2,1-6H3. The summed E-state index contributed by atoms with van der Waals surface area (Å²) >= 11 is 0. The highest BCUT2D eigenvalue weighted by molar-refractivity contribution is 5.25. The molecule has 1 rings (SSSR count). The van der Waals surface area contributed by atoms with Gasteiger partial charge in [0.25, 0.3) is 0 Å². The van der Waals surface area contributed by atoms with Gasteiger partial charge < -0.3 is 5.32 Å². The first-order valence-corrected chi connectivity index (χ1v) is 7.12. The van der Waals surface area contributed by atoms with Crippen molar-refractivity contribution in [3.63, 3.8) is 0 Å². The van der Waals surface area contributed by atoms with E-state index in [1.165, 1.54) is 17.5 Å². The van der Waals surface area contributed by atoms with Gasteiger partial charge in [0.15, 0.2) is 0 Å². The second kappa shape index (κ2) is 6.38. The molecule has 0 aliphatic carbocycles. The van der Waals surface area contributed by atoms with E-state index in [2.05, 4.69) is 71.1 Å². The highest BCUT2D eigenvalue weighted by Crippen LogP contribution is 2.17. The van der Waals surface area contributed by atoms with Crippen LogP contribution < -0.4 is 5.32 Å². The van der Waals surface area contributed by atoms with Crippen LogP contribution in [-0.2, 0) is 6.42 Å². The van der Waals surface area contributed by atoms with Gasteiger partial charge in [0, 0.05) is 12.1 Å². The molecule has 0 fully saturated rings. The lowest BCUT2D eigenvalue weighted by molar-refractivity contribution is 0.412. The molecule has 0 saturated heterocycles. The first-order chi connectivity index (χ1) is 8.28. The van der Waals surface area contributed by atoms with E-state index in [0.29, 0.717) is 5.92 Å². The molecule has 0 amide bonds. The molecule has 0 aromatic heterocycles. The fraction of sp³-hybridized carbons (Fsp3) is 0.647. The van der Waals surface area contributed by atoms with Crippen molar-refractivity contribution in [3.8, 4) is 0 Å². The minimum atomic E-state index is 0.200. The highest BCUT2D eigenvalue weighted by Gasteiger charge is 2.12. The van der Waals surface area contributed by atoms with Crippen LogP contribution in [0.2, 0.25) is 0 Å². The summed E-state index contributed by atoms with van der Waals surface area (Å²) in [5.74, 6) is 1.30. The number of hydrogen-bond acceptors (Lipinski definition) is 1. The molecule has 1 nitrogen and oxygen atoms in total. The second-order valence-corrected chi connectivity index (χ2v) is 6.87. The Morgan fingerprint density at radius 1 is 1.00 bits per heavy atom. The third-order valence-electron chi connectivity index (χ3n) is 3.13. The van der Waals surface area contributed by atoms with Crippen LogP contribution in [0.1, 0.15) is 58.6 Å². The van der Waals surface area contributed by atoms with Crippen molar-refractivity contribution in [1.82, 2.24) is 5.32 Å². The summed E-state index contributed by atoms with van der Waals surface area (Å²) in [6.45, 7) is 14.5. The molecule has 1 heteroatoms. The van der Waals surface area contributed by atoms with Gasteiger partial charge in [-0.1, -0.05) is 45.0 Å². The summed E-state index contributed by atoms with van der Waals surface area (Å²) in [6, 6.07) is 9.13. The van der Waals surface area contributed by atoms with E-state index < -0.39 is 0 Å². The van der Waals surface area contributed by atoms with E-state index in [4.69, 9.17) is 0 Å². The van der Waals surface area contributed by atoms with Gasteiger partial charge in [-0.25, -0.2) is 0 Å². The SMILES string of the molecule is CC(C)Cc1ccc(C(C)CNC(C)(C)C)cc1. The zero-order valence-corrected chi connectivity index (χ0v) is 12.9. The van der Waals surface area contributed by atoms with Crippen molar-refractivity contribution < 1.29 is 0 Å². The third-order valence-corrected chi connectivity index (χ3v) is 3.13. The van der Waals surface area contributed by atoms with E-state index in [1.54, 1.807) is 0 Å². The lowest BCUT2D eigenvalue weighted by Gasteiger charge is -2.23. The zero-order chi connectivity index (χ0) is 13.8. The van der Waals surface area contributed by atoms with Gasteiger partial charge >= 0.3 is 0 Å². The molecule has 1 aromatic rings. The summed E-state index contributed by atoms with van der Waals surface area (Å²) in [7, 11) is 0. The normalized spacial score (nSPS) is 13.9. The van der Waals surface area contributed by atoms with Crippen LogP contribution in [0.4, 0.5) is 0 Å². The van der Waals surface area contributed by atoms with Crippen LogP contribution >= 0.6 is 0 Å². The molecule has 1 aromatic carbocycles. The summed E-state index contributed by atoms with van der Waals surface area (Å²) in [4.78, 5) is 0. The Morgan fingerprint density at radius 3 is 2.00 bits per heavy atom. The fourth-order valence-corrected chi connectivity index (χ4v) is 2.03. The van der Waals surface area contributed by atoms with E-state index in [9.17, 15) is 0 Å². The second-order valence-electron chi connectivity index (χ2n) is 6.87. The average Bonchev–Trinajstić information content (AvgIpc) is 2.25. The van der Waals surface area contributed by atoms with Gasteiger partial charge in [0.2, 0.25) is 0 Å². The molecule has 0 spiro atoms. The van der Waals surface area contributed by atoms with Crippen molar-refractivity contribution in [1.29, 1.82) is 0 Å². The Kier molecular flexibility index (Phi) is 5.40. The van der Waals surface area contributed by atoms with Crippen LogP contribution in [-0.4, -0.2) is 12.1 Å². The van der Waals surface area contributed by atoms with Crippen molar-refractivity contribution in [2.24, 2.45) is 5.92 Å². The third kappa shape index (κ3) is 5.68. The van der Waals surface area contributed by atoms with Gasteiger partial charge in [0.05, 0.1) is 0 Å². The quantitative estimate of drug-likeness (QED) is 0.814. The van der Waals surface area contributed by atoms with E-state index >= 15 is 0 Å². The van der Waals surface area contributed by atoms with Crippen LogP contribution in [0.5, 0.6) is 0 Å². The molecule has 1 unspecified atom stereocenters. The molecular formula is C17H29N. The van der Waals surface area contributed by atoms with E-state index in [-0.39, 0.29) is 5.54 Å².